The van der Waals surface area contributed by atoms with E-state index in [-0.39, 0.29) is 25.0 Å². The first kappa shape index (κ1) is 15.3. The lowest BCUT2D eigenvalue weighted by molar-refractivity contribution is -0.138. The highest BCUT2D eigenvalue weighted by atomic mass is 16.4. The quantitative estimate of drug-likeness (QED) is 0.743. The summed E-state index contributed by atoms with van der Waals surface area (Å²) in [6, 6.07) is -0.761. The number of hydrogen-bond donors (Lipinski definition) is 2. The maximum Gasteiger partial charge on any atom is 0.323 e. The fraction of sp³-hybridized carbons (Fsp3) is 0.750. The molecule has 1 saturated heterocycles. The number of urea groups is 1. The third-order valence-electron chi connectivity index (χ3n) is 3.04. The van der Waals surface area contributed by atoms with Gasteiger partial charge < -0.3 is 20.2 Å². The number of carbonyl (C=O) groups is 3. The minimum atomic E-state index is -1.07. The molecule has 2 N–H and O–H groups in total. The van der Waals surface area contributed by atoms with E-state index in [0.717, 1.165) is 25.9 Å². The minimum absolute atomic E-state index is 0.0817. The van der Waals surface area contributed by atoms with E-state index < -0.39 is 12.0 Å². The maximum absolute atomic E-state index is 11.8. The van der Waals surface area contributed by atoms with E-state index in [0.29, 0.717) is 0 Å². The van der Waals surface area contributed by atoms with Crippen molar-refractivity contribution >= 4 is 17.9 Å². The number of nitrogens with zero attached hydrogens (tertiary/aromatic N) is 2. The second-order valence-electron chi connectivity index (χ2n) is 4.86. The molecule has 0 atom stereocenters. The Kier molecular flexibility index (Phi) is 5.59. The van der Waals surface area contributed by atoms with Crippen molar-refractivity contribution in [3.63, 3.8) is 0 Å². The van der Waals surface area contributed by atoms with Crippen LogP contribution in [0.2, 0.25) is 0 Å². The Morgan fingerprint density at radius 1 is 1.26 bits per heavy atom. The Bertz CT molecular complexity index is 351. The summed E-state index contributed by atoms with van der Waals surface area (Å²) in [5.41, 5.74) is 0. The highest BCUT2D eigenvalue weighted by Gasteiger charge is 2.22. The van der Waals surface area contributed by atoms with Gasteiger partial charge in [-0.1, -0.05) is 0 Å². The van der Waals surface area contributed by atoms with Crippen LogP contribution in [-0.2, 0) is 9.59 Å². The second-order valence-corrected chi connectivity index (χ2v) is 4.86. The van der Waals surface area contributed by atoms with Gasteiger partial charge >= 0.3 is 12.0 Å². The smallest absolute Gasteiger partial charge is 0.323 e. The number of rotatable bonds is 5. The van der Waals surface area contributed by atoms with E-state index in [1.807, 2.05) is 0 Å². The van der Waals surface area contributed by atoms with Crippen molar-refractivity contribution in [3.8, 4) is 0 Å². The topological polar surface area (TPSA) is 90.0 Å². The van der Waals surface area contributed by atoms with Crippen LogP contribution in [0.5, 0.6) is 0 Å². The number of aliphatic carboxylic acids is 1. The standard InChI is InChI=1S/C12H21N3O4/c1-9(2)15(8-11(17)18)12(19)13-7-10(16)14-5-3-4-6-14/h9H,3-8H2,1-2H3,(H,13,19)(H,17,18). The summed E-state index contributed by atoms with van der Waals surface area (Å²) in [6.45, 7) is 4.47. The van der Waals surface area contributed by atoms with Gasteiger partial charge in [-0.3, -0.25) is 9.59 Å². The third kappa shape index (κ3) is 4.76. The molecule has 108 valence electrons. The van der Waals surface area contributed by atoms with E-state index in [9.17, 15) is 14.4 Å². The molecule has 0 aromatic carbocycles. The van der Waals surface area contributed by atoms with Crippen molar-refractivity contribution in [2.45, 2.75) is 32.7 Å². The Balaban J connectivity index is 2.43. The number of carboxylic acids is 1. The zero-order valence-electron chi connectivity index (χ0n) is 11.4. The molecule has 0 aliphatic carbocycles. The van der Waals surface area contributed by atoms with Crippen LogP contribution in [-0.4, -0.2) is 65.0 Å². The second kappa shape index (κ2) is 6.96. The zero-order valence-corrected chi connectivity index (χ0v) is 11.4. The molecule has 0 bridgehead atoms. The number of carboxylic acid groups (broad SMARTS) is 1. The highest BCUT2D eigenvalue weighted by Crippen LogP contribution is 2.07. The highest BCUT2D eigenvalue weighted by molar-refractivity contribution is 5.85. The van der Waals surface area contributed by atoms with Crippen LogP contribution < -0.4 is 5.32 Å². The number of nitrogens with one attached hydrogen (secondary N) is 1. The van der Waals surface area contributed by atoms with Gasteiger partial charge in [-0.2, -0.15) is 0 Å². The van der Waals surface area contributed by atoms with Crippen molar-refractivity contribution in [1.82, 2.24) is 15.1 Å². The van der Waals surface area contributed by atoms with E-state index in [1.54, 1.807) is 18.7 Å². The molecule has 19 heavy (non-hydrogen) atoms. The first-order valence-corrected chi connectivity index (χ1v) is 6.46. The van der Waals surface area contributed by atoms with E-state index in [4.69, 9.17) is 5.11 Å². The normalized spacial score (nSPS) is 14.6. The summed E-state index contributed by atoms with van der Waals surface area (Å²) in [5, 5.41) is 11.2. The fourth-order valence-corrected chi connectivity index (χ4v) is 1.97. The predicted molar refractivity (Wildman–Crippen MR) is 68.7 cm³/mol. The van der Waals surface area contributed by atoms with Crippen molar-refractivity contribution in [2.75, 3.05) is 26.2 Å². The molecular weight excluding hydrogens is 250 g/mol. The van der Waals surface area contributed by atoms with E-state index in [2.05, 4.69) is 5.32 Å². The molecule has 0 radical (unpaired) electrons. The summed E-state index contributed by atoms with van der Waals surface area (Å²) in [6.07, 6.45) is 1.99. The van der Waals surface area contributed by atoms with Gasteiger partial charge in [0.25, 0.3) is 0 Å². The van der Waals surface area contributed by atoms with Crippen LogP contribution in [0.25, 0.3) is 0 Å². The van der Waals surface area contributed by atoms with Crippen LogP contribution in [0.1, 0.15) is 26.7 Å². The molecule has 0 spiro atoms. The molecule has 3 amide bonds. The van der Waals surface area contributed by atoms with Gasteiger partial charge in [-0.05, 0) is 26.7 Å². The van der Waals surface area contributed by atoms with E-state index in [1.165, 1.54) is 4.90 Å². The summed E-state index contributed by atoms with van der Waals surface area (Å²) >= 11 is 0. The molecule has 0 aromatic rings. The van der Waals surface area contributed by atoms with Gasteiger partial charge in [0.15, 0.2) is 0 Å². The van der Waals surface area contributed by atoms with Crippen molar-refractivity contribution in [3.05, 3.63) is 0 Å². The third-order valence-corrected chi connectivity index (χ3v) is 3.04. The molecule has 1 heterocycles. The van der Waals surface area contributed by atoms with Gasteiger partial charge in [-0.15, -0.1) is 0 Å². The van der Waals surface area contributed by atoms with Crippen LogP contribution in [0.4, 0.5) is 4.79 Å². The molecule has 1 fully saturated rings. The molecule has 0 aromatic heterocycles. The molecular formula is C12H21N3O4. The number of likely N-dealkylation sites (tertiary alicyclic amines) is 1. The van der Waals surface area contributed by atoms with Crippen LogP contribution in [0, 0.1) is 0 Å². The van der Waals surface area contributed by atoms with Crippen molar-refractivity contribution in [1.29, 1.82) is 0 Å². The molecule has 7 heteroatoms. The monoisotopic (exact) mass is 271 g/mol. The number of hydrogen-bond acceptors (Lipinski definition) is 3. The Hall–Kier alpha value is -1.79. The molecule has 1 rings (SSSR count). The van der Waals surface area contributed by atoms with Crippen LogP contribution in [0.15, 0.2) is 0 Å². The average molecular weight is 271 g/mol. The summed E-state index contributed by atoms with van der Waals surface area (Å²) in [7, 11) is 0. The van der Waals surface area contributed by atoms with Crippen molar-refractivity contribution < 1.29 is 19.5 Å². The number of carbonyl (C=O) groups excluding carboxylic acids is 2. The largest absolute Gasteiger partial charge is 0.480 e. The van der Waals surface area contributed by atoms with Gasteiger partial charge in [-0.25, -0.2) is 4.79 Å². The Morgan fingerprint density at radius 3 is 2.32 bits per heavy atom. The fourth-order valence-electron chi connectivity index (χ4n) is 1.97. The average Bonchev–Trinajstić information content (AvgIpc) is 2.85. The summed E-state index contributed by atoms with van der Waals surface area (Å²) in [4.78, 5) is 37.1. The first-order valence-electron chi connectivity index (χ1n) is 6.46. The molecule has 0 unspecified atom stereocenters. The zero-order chi connectivity index (χ0) is 14.4. The Morgan fingerprint density at radius 2 is 1.84 bits per heavy atom. The minimum Gasteiger partial charge on any atom is -0.480 e. The van der Waals surface area contributed by atoms with Gasteiger partial charge in [0.1, 0.15) is 6.54 Å². The molecule has 1 aliphatic rings. The number of amides is 3. The van der Waals surface area contributed by atoms with Gasteiger partial charge in [0.05, 0.1) is 6.54 Å². The molecule has 7 nitrogen and oxygen atoms in total. The van der Waals surface area contributed by atoms with Crippen LogP contribution in [0.3, 0.4) is 0 Å². The lowest BCUT2D eigenvalue weighted by Gasteiger charge is -2.25. The lowest BCUT2D eigenvalue weighted by atomic mass is 10.3. The Labute approximate surface area is 112 Å². The summed E-state index contributed by atoms with van der Waals surface area (Å²) < 4.78 is 0. The molecule has 1 aliphatic heterocycles. The maximum atomic E-state index is 11.8. The lowest BCUT2D eigenvalue weighted by Crippen LogP contribution is -2.49. The molecule has 0 saturated carbocycles. The van der Waals surface area contributed by atoms with Gasteiger partial charge in [0, 0.05) is 19.1 Å². The first-order chi connectivity index (χ1) is 8.91. The van der Waals surface area contributed by atoms with Crippen molar-refractivity contribution in [2.24, 2.45) is 0 Å². The summed E-state index contributed by atoms with van der Waals surface area (Å²) in [5.74, 6) is -1.19. The predicted octanol–water partition coefficient (Wildman–Crippen LogP) is 0.113. The SMILES string of the molecule is CC(C)N(CC(=O)O)C(=O)NCC(=O)N1CCCC1. The van der Waals surface area contributed by atoms with Gasteiger partial charge in [0.2, 0.25) is 5.91 Å². The van der Waals surface area contributed by atoms with E-state index >= 15 is 0 Å². The van der Waals surface area contributed by atoms with Crippen LogP contribution >= 0.6 is 0 Å².